The minimum atomic E-state index is -0.994. The number of hydrogen-bond acceptors (Lipinski definition) is 5. The standard InChI is InChI=1S/C23H34N4O4/c1-7-9-17(3)26-21(29)20(18-11-8-10-16(2)14-18)27(13-12-24)19(28)15-25-22(30)31-23(4,5)6/h8,10-11,14,17,20H,7,9,13,15H2,1-6H3,(H,25,30)(H,26,29). The van der Waals surface area contributed by atoms with Crippen LogP contribution in [0.3, 0.4) is 0 Å². The largest absolute Gasteiger partial charge is 0.444 e. The molecule has 0 saturated carbocycles. The summed E-state index contributed by atoms with van der Waals surface area (Å²) in [5.41, 5.74) is 0.814. The number of alkyl carbamates (subject to hydrolysis) is 1. The van der Waals surface area contributed by atoms with Crippen LogP contribution in [0.15, 0.2) is 24.3 Å². The van der Waals surface area contributed by atoms with Gasteiger partial charge in [-0.3, -0.25) is 9.59 Å². The number of ether oxygens (including phenoxy) is 1. The molecule has 1 aromatic rings. The predicted octanol–water partition coefficient (Wildman–Crippen LogP) is 3.22. The molecule has 2 unspecified atom stereocenters. The number of rotatable bonds is 9. The molecule has 2 N–H and O–H groups in total. The second-order valence-electron chi connectivity index (χ2n) is 8.55. The average Bonchev–Trinajstić information content (AvgIpc) is 2.64. The van der Waals surface area contributed by atoms with Gasteiger partial charge >= 0.3 is 6.09 Å². The van der Waals surface area contributed by atoms with Crippen molar-refractivity contribution in [3.05, 3.63) is 35.4 Å². The molecule has 170 valence electrons. The summed E-state index contributed by atoms with van der Waals surface area (Å²) in [7, 11) is 0. The van der Waals surface area contributed by atoms with Crippen LogP contribution in [-0.4, -0.2) is 47.5 Å². The summed E-state index contributed by atoms with van der Waals surface area (Å²) in [4.78, 5) is 39.2. The highest BCUT2D eigenvalue weighted by molar-refractivity contribution is 5.90. The monoisotopic (exact) mass is 430 g/mol. The number of amides is 3. The molecule has 0 bridgehead atoms. The van der Waals surface area contributed by atoms with Crippen molar-refractivity contribution < 1.29 is 19.1 Å². The Labute approximate surface area is 184 Å². The van der Waals surface area contributed by atoms with E-state index in [0.29, 0.717) is 5.56 Å². The zero-order valence-corrected chi connectivity index (χ0v) is 19.3. The fraction of sp³-hybridized carbons (Fsp3) is 0.565. The molecule has 1 rings (SSSR count). The van der Waals surface area contributed by atoms with Gasteiger partial charge in [-0.25, -0.2) is 4.79 Å². The molecule has 0 aliphatic heterocycles. The smallest absolute Gasteiger partial charge is 0.408 e. The van der Waals surface area contributed by atoms with E-state index in [0.717, 1.165) is 18.4 Å². The van der Waals surface area contributed by atoms with Gasteiger partial charge < -0.3 is 20.3 Å². The Balaban J connectivity index is 3.14. The summed E-state index contributed by atoms with van der Waals surface area (Å²) in [6, 6.07) is 8.13. The van der Waals surface area contributed by atoms with Gasteiger partial charge in [0, 0.05) is 6.04 Å². The maximum Gasteiger partial charge on any atom is 0.408 e. The maximum absolute atomic E-state index is 13.2. The number of nitrogens with zero attached hydrogens (tertiary/aromatic N) is 2. The van der Waals surface area contributed by atoms with E-state index in [2.05, 4.69) is 10.6 Å². The van der Waals surface area contributed by atoms with Gasteiger partial charge in [0.2, 0.25) is 11.8 Å². The highest BCUT2D eigenvalue weighted by Crippen LogP contribution is 2.23. The Kier molecular flexibility index (Phi) is 10.00. The van der Waals surface area contributed by atoms with Crippen LogP contribution in [-0.2, 0) is 14.3 Å². The SMILES string of the molecule is CCCC(C)NC(=O)C(c1cccc(C)c1)N(CC#N)C(=O)CNC(=O)OC(C)(C)C. The van der Waals surface area contributed by atoms with Gasteiger partial charge in [0.25, 0.3) is 0 Å². The molecule has 1 aromatic carbocycles. The molecular formula is C23H34N4O4. The molecule has 8 nitrogen and oxygen atoms in total. The van der Waals surface area contributed by atoms with E-state index in [1.165, 1.54) is 4.90 Å². The minimum absolute atomic E-state index is 0.0799. The molecule has 0 spiro atoms. The zero-order chi connectivity index (χ0) is 23.6. The van der Waals surface area contributed by atoms with Crippen LogP contribution in [0.2, 0.25) is 0 Å². The lowest BCUT2D eigenvalue weighted by Crippen LogP contribution is -2.49. The second-order valence-corrected chi connectivity index (χ2v) is 8.55. The first-order chi connectivity index (χ1) is 14.5. The normalized spacial score (nSPS) is 12.8. The molecule has 0 heterocycles. The van der Waals surface area contributed by atoms with Gasteiger partial charge in [0.05, 0.1) is 6.07 Å². The Hall–Kier alpha value is -3.08. The van der Waals surface area contributed by atoms with Gasteiger partial charge in [0.1, 0.15) is 24.7 Å². The van der Waals surface area contributed by atoms with E-state index >= 15 is 0 Å². The van der Waals surface area contributed by atoms with Crippen LogP contribution in [0.4, 0.5) is 4.79 Å². The van der Waals surface area contributed by atoms with Crippen LogP contribution in [0.5, 0.6) is 0 Å². The summed E-state index contributed by atoms with van der Waals surface area (Å²) < 4.78 is 5.15. The van der Waals surface area contributed by atoms with Gasteiger partial charge in [-0.15, -0.1) is 0 Å². The Morgan fingerprint density at radius 2 is 1.94 bits per heavy atom. The number of carbonyl (C=O) groups excluding carboxylic acids is 3. The van der Waals surface area contributed by atoms with Crippen LogP contribution in [0.1, 0.15) is 64.6 Å². The molecule has 2 atom stereocenters. The minimum Gasteiger partial charge on any atom is -0.444 e. The van der Waals surface area contributed by atoms with Crippen molar-refractivity contribution in [3.63, 3.8) is 0 Å². The molecule has 3 amide bonds. The lowest BCUT2D eigenvalue weighted by Gasteiger charge is -2.31. The lowest BCUT2D eigenvalue weighted by atomic mass is 10.0. The third kappa shape index (κ3) is 9.08. The van der Waals surface area contributed by atoms with E-state index in [4.69, 9.17) is 4.74 Å². The number of hydrogen-bond donors (Lipinski definition) is 2. The topological polar surface area (TPSA) is 112 Å². The highest BCUT2D eigenvalue weighted by Gasteiger charge is 2.32. The van der Waals surface area contributed by atoms with Gasteiger partial charge in [-0.1, -0.05) is 43.2 Å². The first kappa shape index (κ1) is 26.0. The number of benzene rings is 1. The van der Waals surface area contributed by atoms with Crippen LogP contribution in [0, 0.1) is 18.3 Å². The number of aryl methyl sites for hydroxylation is 1. The first-order valence-corrected chi connectivity index (χ1v) is 10.5. The van der Waals surface area contributed by atoms with Gasteiger partial charge in [-0.05, 0) is 46.6 Å². The first-order valence-electron chi connectivity index (χ1n) is 10.5. The molecule has 0 radical (unpaired) electrons. The fourth-order valence-corrected chi connectivity index (χ4v) is 3.10. The van der Waals surface area contributed by atoms with Gasteiger partial charge in [0.15, 0.2) is 0 Å². The van der Waals surface area contributed by atoms with E-state index in [1.807, 2.05) is 39.0 Å². The third-order valence-corrected chi connectivity index (χ3v) is 4.37. The molecule has 0 fully saturated rings. The summed E-state index contributed by atoms with van der Waals surface area (Å²) in [5.74, 6) is -0.926. The third-order valence-electron chi connectivity index (χ3n) is 4.37. The number of carbonyl (C=O) groups is 3. The molecule has 8 heteroatoms. The van der Waals surface area contributed by atoms with Crippen molar-refractivity contribution in [2.75, 3.05) is 13.1 Å². The summed E-state index contributed by atoms with van der Waals surface area (Å²) in [5, 5.41) is 14.7. The van der Waals surface area contributed by atoms with Crippen LogP contribution in [0.25, 0.3) is 0 Å². The quantitative estimate of drug-likeness (QED) is 0.584. The van der Waals surface area contributed by atoms with Crippen molar-refractivity contribution in [1.29, 1.82) is 5.26 Å². The van der Waals surface area contributed by atoms with E-state index < -0.39 is 30.2 Å². The molecule has 0 aromatic heterocycles. The fourth-order valence-electron chi connectivity index (χ4n) is 3.10. The van der Waals surface area contributed by atoms with E-state index in [-0.39, 0.29) is 18.5 Å². The average molecular weight is 431 g/mol. The Morgan fingerprint density at radius 3 is 2.48 bits per heavy atom. The van der Waals surface area contributed by atoms with E-state index in [1.54, 1.807) is 32.9 Å². The van der Waals surface area contributed by atoms with Crippen LogP contribution < -0.4 is 10.6 Å². The zero-order valence-electron chi connectivity index (χ0n) is 19.3. The van der Waals surface area contributed by atoms with E-state index in [9.17, 15) is 19.6 Å². The van der Waals surface area contributed by atoms with Crippen molar-refractivity contribution in [3.8, 4) is 6.07 Å². The van der Waals surface area contributed by atoms with Crippen molar-refractivity contribution in [1.82, 2.24) is 15.5 Å². The maximum atomic E-state index is 13.2. The highest BCUT2D eigenvalue weighted by atomic mass is 16.6. The van der Waals surface area contributed by atoms with Crippen molar-refractivity contribution in [2.45, 2.75) is 72.1 Å². The van der Waals surface area contributed by atoms with Crippen LogP contribution >= 0.6 is 0 Å². The molecule has 0 saturated heterocycles. The molecule has 0 aliphatic carbocycles. The van der Waals surface area contributed by atoms with Crippen molar-refractivity contribution in [2.24, 2.45) is 0 Å². The Morgan fingerprint density at radius 1 is 1.26 bits per heavy atom. The number of nitriles is 1. The van der Waals surface area contributed by atoms with Gasteiger partial charge in [-0.2, -0.15) is 5.26 Å². The lowest BCUT2D eigenvalue weighted by molar-refractivity contribution is -0.139. The summed E-state index contributed by atoms with van der Waals surface area (Å²) in [6.45, 7) is 10.3. The Bertz CT molecular complexity index is 811. The molecule has 0 aliphatic rings. The summed E-state index contributed by atoms with van der Waals surface area (Å²) >= 11 is 0. The molecule has 31 heavy (non-hydrogen) atoms. The predicted molar refractivity (Wildman–Crippen MR) is 118 cm³/mol. The molecular weight excluding hydrogens is 396 g/mol. The second kappa shape index (κ2) is 11.9. The summed E-state index contributed by atoms with van der Waals surface area (Å²) in [6.07, 6.45) is 0.946. The van der Waals surface area contributed by atoms with Crippen molar-refractivity contribution >= 4 is 17.9 Å². The number of nitrogens with one attached hydrogen (secondary N) is 2.